The number of hydrogen-bond donors (Lipinski definition) is 0. The van der Waals surface area contributed by atoms with Crippen LogP contribution in [0.1, 0.15) is 19.1 Å². The molecule has 3 heterocycles. The largest absolute Gasteiger partial charge is 0.462 e. The second-order valence-electron chi connectivity index (χ2n) is 6.53. The van der Waals surface area contributed by atoms with Crippen LogP contribution >= 0.6 is 23.2 Å². The van der Waals surface area contributed by atoms with Crippen molar-refractivity contribution in [2.75, 3.05) is 19.8 Å². The molecular weight excluding hydrogens is 391 g/mol. The Hall–Kier alpha value is -1.57. The van der Waals surface area contributed by atoms with E-state index in [4.69, 9.17) is 41.8 Å². The number of halogens is 2. The molecule has 0 amide bonds. The van der Waals surface area contributed by atoms with E-state index in [9.17, 15) is 0 Å². The van der Waals surface area contributed by atoms with E-state index in [1.807, 2.05) is 10.8 Å². The Kier molecular flexibility index (Phi) is 5.43. The van der Waals surface area contributed by atoms with E-state index in [1.54, 1.807) is 30.9 Å². The topological polar surface area (TPSA) is 58.7 Å². The summed E-state index contributed by atoms with van der Waals surface area (Å²) in [5.74, 6) is -0.606. The highest BCUT2D eigenvalue weighted by Crippen LogP contribution is 2.43. The van der Waals surface area contributed by atoms with Gasteiger partial charge in [0.2, 0.25) is 5.79 Å². The zero-order chi connectivity index (χ0) is 18.9. The molecule has 0 spiro atoms. The minimum absolute atomic E-state index is 0.203. The lowest BCUT2D eigenvalue weighted by atomic mass is 10.1. The standard InChI is InChI=1S/C19H20Cl2N2O4/c1-2-5-24-9-15-10-26-19(27-15,11-23-4-3-22-12-23)18-17-13(8-25-18)6-14(20)7-16(17)21/h3-4,6-8,12,15H,2,5,9-11H2,1H3. The summed E-state index contributed by atoms with van der Waals surface area (Å²) in [6.45, 7) is 3.97. The van der Waals surface area contributed by atoms with Crippen molar-refractivity contribution in [2.24, 2.45) is 0 Å². The molecule has 27 heavy (non-hydrogen) atoms. The Morgan fingerprint density at radius 2 is 2.26 bits per heavy atom. The molecule has 6 nitrogen and oxygen atoms in total. The Labute approximate surface area is 166 Å². The Morgan fingerprint density at radius 3 is 3.04 bits per heavy atom. The van der Waals surface area contributed by atoms with Gasteiger partial charge < -0.3 is 23.2 Å². The molecule has 1 fully saturated rings. The molecule has 2 atom stereocenters. The van der Waals surface area contributed by atoms with E-state index >= 15 is 0 Å². The van der Waals surface area contributed by atoms with Crippen molar-refractivity contribution in [3.05, 3.63) is 52.9 Å². The van der Waals surface area contributed by atoms with Gasteiger partial charge in [-0.15, -0.1) is 0 Å². The number of hydrogen-bond acceptors (Lipinski definition) is 5. The van der Waals surface area contributed by atoms with E-state index in [-0.39, 0.29) is 6.10 Å². The summed E-state index contributed by atoms with van der Waals surface area (Å²) < 4.78 is 25.9. The highest BCUT2D eigenvalue weighted by Gasteiger charge is 2.47. The third-order valence-electron chi connectivity index (χ3n) is 4.42. The van der Waals surface area contributed by atoms with Gasteiger partial charge in [0, 0.05) is 34.8 Å². The SMILES string of the molecule is CCCOCC1COC(Cn2ccnc2)(c2occ3cc(Cl)cc(Cl)c23)O1. The molecule has 1 saturated heterocycles. The molecule has 8 heteroatoms. The van der Waals surface area contributed by atoms with Crippen LogP contribution in [0.4, 0.5) is 0 Å². The minimum Gasteiger partial charge on any atom is -0.462 e. The lowest BCUT2D eigenvalue weighted by molar-refractivity contribution is -0.201. The number of nitrogens with zero attached hydrogens (tertiary/aromatic N) is 2. The first kappa shape index (κ1) is 18.8. The van der Waals surface area contributed by atoms with E-state index in [0.29, 0.717) is 42.2 Å². The maximum Gasteiger partial charge on any atom is 0.248 e. The van der Waals surface area contributed by atoms with E-state index in [1.165, 1.54) is 0 Å². The number of benzene rings is 1. The molecule has 0 N–H and O–H groups in total. The molecule has 144 valence electrons. The van der Waals surface area contributed by atoms with Crippen molar-refractivity contribution in [1.82, 2.24) is 9.55 Å². The first-order valence-corrected chi connectivity index (χ1v) is 9.59. The number of imidazole rings is 1. The Morgan fingerprint density at radius 1 is 1.37 bits per heavy atom. The van der Waals surface area contributed by atoms with Gasteiger partial charge >= 0.3 is 0 Å². The molecule has 1 aliphatic heterocycles. The third kappa shape index (κ3) is 3.73. The van der Waals surface area contributed by atoms with Crippen LogP contribution in [0.15, 0.2) is 41.5 Å². The highest BCUT2D eigenvalue weighted by atomic mass is 35.5. The van der Waals surface area contributed by atoms with Crippen LogP contribution in [0.25, 0.3) is 10.8 Å². The lowest BCUT2D eigenvalue weighted by Gasteiger charge is -2.27. The molecule has 0 radical (unpaired) electrons. The normalized spacial score (nSPS) is 22.7. The molecule has 2 aromatic heterocycles. The first-order valence-electron chi connectivity index (χ1n) is 8.83. The predicted molar refractivity (Wildman–Crippen MR) is 102 cm³/mol. The van der Waals surface area contributed by atoms with Gasteiger partial charge in [0.25, 0.3) is 0 Å². The lowest BCUT2D eigenvalue weighted by Crippen LogP contribution is -2.33. The van der Waals surface area contributed by atoms with Gasteiger partial charge in [0.1, 0.15) is 6.10 Å². The van der Waals surface area contributed by atoms with E-state index in [2.05, 4.69) is 11.9 Å². The second kappa shape index (κ2) is 7.81. The maximum atomic E-state index is 6.47. The van der Waals surface area contributed by atoms with Crippen LogP contribution in [0.2, 0.25) is 10.0 Å². The molecule has 1 aromatic carbocycles. The van der Waals surface area contributed by atoms with Crippen LogP contribution in [-0.4, -0.2) is 35.5 Å². The van der Waals surface area contributed by atoms with Crippen molar-refractivity contribution in [1.29, 1.82) is 0 Å². The second-order valence-corrected chi connectivity index (χ2v) is 7.37. The monoisotopic (exact) mass is 410 g/mol. The number of ether oxygens (including phenoxy) is 3. The average molecular weight is 411 g/mol. The van der Waals surface area contributed by atoms with Gasteiger partial charge in [0.15, 0.2) is 5.76 Å². The molecular formula is C19H20Cl2N2O4. The van der Waals surface area contributed by atoms with Crippen molar-refractivity contribution < 1.29 is 18.6 Å². The summed E-state index contributed by atoms with van der Waals surface area (Å²) in [4.78, 5) is 4.10. The number of fused-ring (bicyclic) bond motifs is 1. The smallest absolute Gasteiger partial charge is 0.248 e. The van der Waals surface area contributed by atoms with Crippen LogP contribution in [-0.2, 0) is 26.5 Å². The number of rotatable bonds is 7. The van der Waals surface area contributed by atoms with Gasteiger partial charge in [-0.05, 0) is 18.6 Å². The molecule has 4 rings (SSSR count). The molecule has 2 unspecified atom stereocenters. The summed E-state index contributed by atoms with van der Waals surface area (Å²) in [5, 5.41) is 2.56. The summed E-state index contributed by atoms with van der Waals surface area (Å²) >= 11 is 12.6. The van der Waals surface area contributed by atoms with Gasteiger partial charge in [-0.25, -0.2) is 4.98 Å². The molecule has 3 aromatic rings. The van der Waals surface area contributed by atoms with Crippen LogP contribution in [0.5, 0.6) is 0 Å². The Balaban J connectivity index is 1.71. The highest BCUT2D eigenvalue weighted by molar-refractivity contribution is 6.38. The summed E-state index contributed by atoms with van der Waals surface area (Å²) in [5.41, 5.74) is 0. The quantitative estimate of drug-likeness (QED) is 0.531. The van der Waals surface area contributed by atoms with E-state index < -0.39 is 5.79 Å². The fraction of sp³-hybridized carbons (Fsp3) is 0.421. The Bertz CT molecular complexity index is 912. The zero-order valence-corrected chi connectivity index (χ0v) is 16.4. The number of furan rings is 1. The zero-order valence-electron chi connectivity index (χ0n) is 14.9. The maximum absolute atomic E-state index is 6.47. The van der Waals surface area contributed by atoms with Gasteiger partial charge in [-0.2, -0.15) is 0 Å². The molecule has 0 saturated carbocycles. The average Bonchev–Trinajstić information content (AvgIpc) is 3.36. The van der Waals surface area contributed by atoms with Crippen LogP contribution < -0.4 is 0 Å². The number of aromatic nitrogens is 2. The molecule has 0 bridgehead atoms. The van der Waals surface area contributed by atoms with Crippen molar-refractivity contribution in [3.8, 4) is 0 Å². The third-order valence-corrected chi connectivity index (χ3v) is 4.94. The van der Waals surface area contributed by atoms with Crippen LogP contribution in [0, 0.1) is 0 Å². The van der Waals surface area contributed by atoms with Gasteiger partial charge in [0.05, 0.1) is 37.4 Å². The fourth-order valence-corrected chi connectivity index (χ4v) is 3.88. The fourth-order valence-electron chi connectivity index (χ4n) is 3.29. The van der Waals surface area contributed by atoms with Crippen molar-refractivity contribution in [3.63, 3.8) is 0 Å². The predicted octanol–water partition coefficient (Wildman–Crippen LogP) is 4.63. The minimum atomic E-state index is -1.12. The van der Waals surface area contributed by atoms with Gasteiger partial charge in [-0.1, -0.05) is 30.1 Å². The van der Waals surface area contributed by atoms with E-state index in [0.717, 1.165) is 17.2 Å². The molecule has 0 aliphatic carbocycles. The van der Waals surface area contributed by atoms with Crippen molar-refractivity contribution >= 4 is 34.0 Å². The van der Waals surface area contributed by atoms with Crippen molar-refractivity contribution in [2.45, 2.75) is 31.8 Å². The van der Waals surface area contributed by atoms with Crippen LogP contribution in [0.3, 0.4) is 0 Å². The first-order chi connectivity index (χ1) is 13.1. The summed E-state index contributed by atoms with van der Waals surface area (Å²) in [6.07, 6.45) is 7.62. The molecule has 1 aliphatic rings. The van der Waals surface area contributed by atoms with Gasteiger partial charge in [-0.3, -0.25) is 0 Å². The summed E-state index contributed by atoms with van der Waals surface area (Å²) in [6, 6.07) is 3.49. The summed E-state index contributed by atoms with van der Waals surface area (Å²) in [7, 11) is 0.